The van der Waals surface area contributed by atoms with Crippen molar-refractivity contribution in [1.29, 1.82) is 0 Å². The van der Waals surface area contributed by atoms with E-state index in [0.29, 0.717) is 5.69 Å². The van der Waals surface area contributed by atoms with Gasteiger partial charge in [-0.05, 0) is 36.9 Å². The molecule has 2 aromatic heterocycles. The maximum atomic E-state index is 12.1. The summed E-state index contributed by atoms with van der Waals surface area (Å²) in [6.07, 6.45) is 6.22. The Balaban J connectivity index is 1.70. The first kappa shape index (κ1) is 16.4. The van der Waals surface area contributed by atoms with Gasteiger partial charge in [-0.15, -0.1) is 0 Å². The Kier molecular flexibility index (Phi) is 5.05. The van der Waals surface area contributed by atoms with Gasteiger partial charge in [-0.1, -0.05) is 0 Å². The van der Waals surface area contributed by atoms with E-state index in [2.05, 4.69) is 25.3 Å². The number of amides is 1. The lowest BCUT2D eigenvalue weighted by Gasteiger charge is -2.27. The second-order valence-corrected chi connectivity index (χ2v) is 5.86. The third-order valence-corrected chi connectivity index (χ3v) is 3.93. The van der Waals surface area contributed by atoms with E-state index in [-0.39, 0.29) is 23.3 Å². The Morgan fingerprint density at radius 2 is 1.88 bits per heavy atom. The summed E-state index contributed by atoms with van der Waals surface area (Å²) in [6.45, 7) is 1.65. The molecule has 126 valence electrons. The second-order valence-electron chi connectivity index (χ2n) is 5.52. The molecule has 1 aliphatic heterocycles. The zero-order chi connectivity index (χ0) is 16.9. The number of hydrogen-bond donors (Lipinski definition) is 1. The summed E-state index contributed by atoms with van der Waals surface area (Å²) in [4.78, 5) is 33.7. The summed E-state index contributed by atoms with van der Waals surface area (Å²) >= 11 is 5.59. The van der Waals surface area contributed by atoms with Crippen LogP contribution in [0.4, 0.5) is 11.5 Å². The van der Waals surface area contributed by atoms with Crippen molar-refractivity contribution in [2.24, 2.45) is 0 Å². The van der Waals surface area contributed by atoms with Crippen LogP contribution < -0.4 is 15.8 Å². The fourth-order valence-electron chi connectivity index (χ4n) is 2.56. The van der Waals surface area contributed by atoms with Gasteiger partial charge in [-0.3, -0.25) is 9.59 Å². The zero-order valence-corrected chi connectivity index (χ0v) is 13.7. The van der Waals surface area contributed by atoms with Crippen LogP contribution in [-0.4, -0.2) is 38.7 Å². The van der Waals surface area contributed by atoms with E-state index in [4.69, 9.17) is 11.6 Å². The van der Waals surface area contributed by atoms with Crippen LogP contribution in [0.3, 0.4) is 0 Å². The third-order valence-electron chi connectivity index (χ3n) is 3.73. The van der Waals surface area contributed by atoms with Crippen molar-refractivity contribution in [2.45, 2.75) is 25.8 Å². The molecule has 0 atom stereocenters. The summed E-state index contributed by atoms with van der Waals surface area (Å²) in [5.41, 5.74) is 0.0860. The number of nitrogens with one attached hydrogen (secondary N) is 1. The molecular formula is C15H17ClN6O2. The van der Waals surface area contributed by atoms with Gasteiger partial charge in [-0.2, -0.15) is 5.10 Å². The number of halogens is 1. The van der Waals surface area contributed by atoms with E-state index in [9.17, 15) is 9.59 Å². The van der Waals surface area contributed by atoms with Gasteiger partial charge in [0, 0.05) is 19.2 Å². The fraction of sp³-hybridized carbons (Fsp3) is 0.400. The Morgan fingerprint density at radius 1 is 1.17 bits per heavy atom. The number of piperidine rings is 1. The molecule has 1 N–H and O–H groups in total. The summed E-state index contributed by atoms with van der Waals surface area (Å²) < 4.78 is 1.16. The second kappa shape index (κ2) is 7.39. The maximum Gasteiger partial charge on any atom is 0.267 e. The molecule has 0 spiro atoms. The monoisotopic (exact) mass is 348 g/mol. The van der Waals surface area contributed by atoms with Gasteiger partial charge < -0.3 is 10.2 Å². The average Bonchev–Trinajstić information content (AvgIpc) is 2.60. The molecule has 3 rings (SSSR count). The first-order chi connectivity index (χ1) is 11.6. The van der Waals surface area contributed by atoms with Crippen LogP contribution in [0.25, 0.3) is 0 Å². The summed E-state index contributed by atoms with van der Waals surface area (Å²) in [6, 6.07) is 3.14. The number of aromatic nitrogens is 4. The molecule has 8 nitrogen and oxygen atoms in total. The summed E-state index contributed by atoms with van der Waals surface area (Å²) in [5, 5.41) is 7.01. The SMILES string of the molecule is O=C(Cn1nc(N2CCCCC2)ccc1=O)Nc1cnc(Cl)nc1. The molecule has 1 aliphatic rings. The van der Waals surface area contributed by atoms with E-state index in [1.54, 1.807) is 6.07 Å². The largest absolute Gasteiger partial charge is 0.355 e. The molecule has 0 saturated carbocycles. The highest BCUT2D eigenvalue weighted by atomic mass is 35.5. The fourth-order valence-corrected chi connectivity index (χ4v) is 2.65. The van der Waals surface area contributed by atoms with E-state index < -0.39 is 0 Å². The van der Waals surface area contributed by atoms with Crippen molar-refractivity contribution >= 4 is 29.0 Å². The van der Waals surface area contributed by atoms with Crippen molar-refractivity contribution in [1.82, 2.24) is 19.7 Å². The van der Waals surface area contributed by atoms with Crippen molar-refractivity contribution in [3.63, 3.8) is 0 Å². The molecule has 3 heterocycles. The van der Waals surface area contributed by atoms with Gasteiger partial charge in [0.15, 0.2) is 0 Å². The highest BCUT2D eigenvalue weighted by Crippen LogP contribution is 2.15. The van der Waals surface area contributed by atoms with E-state index in [1.807, 2.05) is 0 Å². The van der Waals surface area contributed by atoms with Gasteiger partial charge in [0.05, 0.1) is 18.1 Å². The molecule has 0 aliphatic carbocycles. The molecule has 9 heteroatoms. The number of hydrogen-bond acceptors (Lipinski definition) is 6. The normalized spacial score (nSPS) is 14.5. The van der Waals surface area contributed by atoms with Gasteiger partial charge in [0.1, 0.15) is 12.4 Å². The molecule has 0 aromatic carbocycles. The van der Waals surface area contributed by atoms with Crippen LogP contribution in [0.1, 0.15) is 19.3 Å². The topological polar surface area (TPSA) is 93.0 Å². The quantitative estimate of drug-likeness (QED) is 0.837. The maximum absolute atomic E-state index is 12.1. The molecule has 0 bridgehead atoms. The smallest absolute Gasteiger partial charge is 0.267 e. The highest BCUT2D eigenvalue weighted by Gasteiger charge is 2.14. The first-order valence-electron chi connectivity index (χ1n) is 7.72. The van der Waals surface area contributed by atoms with Crippen LogP contribution >= 0.6 is 11.6 Å². The van der Waals surface area contributed by atoms with E-state index in [1.165, 1.54) is 24.9 Å². The number of carbonyl (C=O) groups is 1. The molecule has 24 heavy (non-hydrogen) atoms. The Labute approximate surface area is 143 Å². The third kappa shape index (κ3) is 4.08. The van der Waals surface area contributed by atoms with E-state index in [0.717, 1.165) is 36.4 Å². The number of anilines is 2. The highest BCUT2D eigenvalue weighted by molar-refractivity contribution is 6.28. The Hall–Kier alpha value is -2.48. The molecule has 0 unspecified atom stereocenters. The lowest BCUT2D eigenvalue weighted by Crippen LogP contribution is -2.34. The molecule has 1 amide bonds. The lowest BCUT2D eigenvalue weighted by atomic mass is 10.1. The summed E-state index contributed by atoms with van der Waals surface area (Å²) in [7, 11) is 0. The standard InChI is InChI=1S/C15H17ClN6O2/c16-15-17-8-11(9-18-15)19-13(23)10-22-14(24)5-4-12(20-22)21-6-2-1-3-7-21/h4-5,8-9H,1-3,6-7,10H2,(H,19,23). The van der Waals surface area contributed by atoms with Gasteiger partial charge in [0.25, 0.3) is 5.56 Å². The minimum atomic E-state index is -0.383. The molecule has 1 fully saturated rings. The van der Waals surface area contributed by atoms with Crippen LogP contribution in [0, 0.1) is 0 Å². The van der Waals surface area contributed by atoms with Crippen LogP contribution in [0.5, 0.6) is 0 Å². The Morgan fingerprint density at radius 3 is 2.58 bits per heavy atom. The lowest BCUT2D eigenvalue weighted by molar-refractivity contribution is -0.117. The van der Waals surface area contributed by atoms with Crippen molar-refractivity contribution < 1.29 is 4.79 Å². The van der Waals surface area contributed by atoms with Crippen molar-refractivity contribution in [2.75, 3.05) is 23.3 Å². The predicted molar refractivity (Wildman–Crippen MR) is 90.2 cm³/mol. The minimum Gasteiger partial charge on any atom is -0.355 e. The zero-order valence-electron chi connectivity index (χ0n) is 13.0. The van der Waals surface area contributed by atoms with Crippen LogP contribution in [0.15, 0.2) is 29.3 Å². The molecule has 0 radical (unpaired) electrons. The molecule has 1 saturated heterocycles. The first-order valence-corrected chi connectivity index (χ1v) is 8.10. The summed E-state index contributed by atoms with van der Waals surface area (Å²) in [5.74, 6) is 0.336. The number of carbonyl (C=O) groups excluding carboxylic acids is 1. The number of nitrogens with zero attached hydrogens (tertiary/aromatic N) is 5. The average molecular weight is 349 g/mol. The molecule has 2 aromatic rings. The van der Waals surface area contributed by atoms with Gasteiger partial charge >= 0.3 is 0 Å². The molecular weight excluding hydrogens is 332 g/mol. The van der Waals surface area contributed by atoms with Crippen molar-refractivity contribution in [3.8, 4) is 0 Å². The minimum absolute atomic E-state index is 0.0973. The van der Waals surface area contributed by atoms with Gasteiger partial charge in [0.2, 0.25) is 11.2 Å². The van der Waals surface area contributed by atoms with Crippen LogP contribution in [0.2, 0.25) is 5.28 Å². The Bertz CT molecular complexity index is 770. The van der Waals surface area contributed by atoms with Gasteiger partial charge in [-0.25, -0.2) is 14.6 Å². The van der Waals surface area contributed by atoms with Crippen LogP contribution in [-0.2, 0) is 11.3 Å². The number of rotatable bonds is 4. The predicted octanol–water partition coefficient (Wildman–Crippen LogP) is 1.32. The van der Waals surface area contributed by atoms with E-state index >= 15 is 0 Å². The van der Waals surface area contributed by atoms with Crippen molar-refractivity contribution in [3.05, 3.63) is 40.2 Å².